The largest absolute Gasteiger partial charge is 0.311 e. The second kappa shape index (κ2) is 5.75. The lowest BCUT2D eigenvalue weighted by Gasteiger charge is -2.17. The summed E-state index contributed by atoms with van der Waals surface area (Å²) in [4.78, 5) is 24.2. The molecule has 2 aromatic carbocycles. The highest BCUT2D eigenvalue weighted by molar-refractivity contribution is 6.06. The summed E-state index contributed by atoms with van der Waals surface area (Å²) in [6, 6.07) is 11.6. The summed E-state index contributed by atoms with van der Waals surface area (Å²) in [5.41, 5.74) is 3.04. The summed E-state index contributed by atoms with van der Waals surface area (Å²) in [7, 11) is 1.61. The van der Waals surface area contributed by atoms with Gasteiger partial charge in [-0.05, 0) is 32.0 Å². The number of aryl methyl sites for hydroxylation is 2. The zero-order valence-electron chi connectivity index (χ0n) is 12.2. The first-order chi connectivity index (χ1) is 9.88. The number of anilines is 1. The van der Waals surface area contributed by atoms with Crippen LogP contribution >= 0.6 is 0 Å². The molecule has 108 valence electrons. The van der Waals surface area contributed by atoms with Crippen molar-refractivity contribution in [1.29, 1.82) is 0 Å². The fourth-order valence-electron chi connectivity index (χ4n) is 2.22. The summed E-state index contributed by atoms with van der Waals surface area (Å²) >= 11 is 0. The van der Waals surface area contributed by atoms with Crippen molar-refractivity contribution >= 4 is 17.3 Å². The van der Waals surface area contributed by atoms with Crippen LogP contribution in [-0.4, -0.2) is 17.9 Å². The van der Waals surface area contributed by atoms with Crippen molar-refractivity contribution in [2.24, 2.45) is 0 Å². The molecule has 2 aromatic rings. The lowest BCUT2D eigenvalue weighted by atomic mass is 10.1. The third kappa shape index (κ3) is 3.25. The van der Waals surface area contributed by atoms with Crippen molar-refractivity contribution in [1.82, 2.24) is 0 Å². The first-order valence-electron chi connectivity index (χ1n) is 6.49. The number of non-ortho nitro benzene ring substituents is 1. The van der Waals surface area contributed by atoms with Gasteiger partial charge in [0.05, 0.1) is 10.6 Å². The van der Waals surface area contributed by atoms with Crippen LogP contribution in [0.4, 0.5) is 11.4 Å². The number of carbonyl (C=O) groups excluding carboxylic acids is 1. The molecule has 5 nitrogen and oxygen atoms in total. The van der Waals surface area contributed by atoms with Gasteiger partial charge in [0.25, 0.3) is 11.6 Å². The molecule has 0 aromatic heterocycles. The maximum Gasteiger partial charge on any atom is 0.271 e. The van der Waals surface area contributed by atoms with E-state index in [4.69, 9.17) is 0 Å². The number of rotatable bonds is 3. The van der Waals surface area contributed by atoms with Crippen molar-refractivity contribution < 1.29 is 9.72 Å². The summed E-state index contributed by atoms with van der Waals surface area (Å²) in [6.45, 7) is 3.86. The third-order valence-electron chi connectivity index (χ3n) is 3.20. The van der Waals surface area contributed by atoms with Crippen molar-refractivity contribution in [3.05, 3.63) is 69.3 Å². The monoisotopic (exact) mass is 284 g/mol. The van der Waals surface area contributed by atoms with Crippen LogP contribution in [0.3, 0.4) is 0 Å². The fourth-order valence-corrected chi connectivity index (χ4v) is 2.22. The molecule has 0 atom stereocenters. The van der Waals surface area contributed by atoms with Gasteiger partial charge in [-0.2, -0.15) is 0 Å². The molecule has 1 amide bonds. The first-order valence-corrected chi connectivity index (χ1v) is 6.49. The molecule has 0 heterocycles. The summed E-state index contributed by atoms with van der Waals surface area (Å²) < 4.78 is 0. The SMILES string of the molecule is Cc1cc(C)cc(C(=O)N(C)c2cccc([N+](=O)[O-])c2)c1. The summed E-state index contributed by atoms with van der Waals surface area (Å²) in [5.74, 6) is -0.192. The minimum absolute atomic E-state index is 0.0347. The van der Waals surface area contributed by atoms with E-state index >= 15 is 0 Å². The number of benzene rings is 2. The molecule has 0 unspecified atom stereocenters. The van der Waals surface area contributed by atoms with Crippen LogP contribution in [0.15, 0.2) is 42.5 Å². The maximum absolute atomic E-state index is 12.5. The van der Waals surface area contributed by atoms with Crippen LogP contribution in [-0.2, 0) is 0 Å². The van der Waals surface area contributed by atoms with Gasteiger partial charge in [-0.15, -0.1) is 0 Å². The molecule has 0 saturated heterocycles. The van der Waals surface area contributed by atoms with Gasteiger partial charge >= 0.3 is 0 Å². The van der Waals surface area contributed by atoms with Crippen LogP contribution in [0.1, 0.15) is 21.5 Å². The normalized spacial score (nSPS) is 10.2. The maximum atomic E-state index is 12.5. The molecule has 0 bridgehead atoms. The summed E-state index contributed by atoms with van der Waals surface area (Å²) in [6.07, 6.45) is 0. The van der Waals surface area contributed by atoms with Gasteiger partial charge in [0.2, 0.25) is 0 Å². The van der Waals surface area contributed by atoms with Crippen LogP contribution in [0.25, 0.3) is 0 Å². The number of nitrogens with zero attached hydrogens (tertiary/aromatic N) is 2. The van der Waals surface area contributed by atoms with E-state index in [1.807, 2.05) is 32.0 Å². The average molecular weight is 284 g/mol. The van der Waals surface area contributed by atoms with E-state index in [1.54, 1.807) is 19.2 Å². The Morgan fingerprint density at radius 1 is 1.10 bits per heavy atom. The van der Waals surface area contributed by atoms with E-state index in [1.165, 1.54) is 17.0 Å². The molecule has 0 aliphatic carbocycles. The Labute approximate surface area is 123 Å². The van der Waals surface area contributed by atoms with Crippen LogP contribution in [0.5, 0.6) is 0 Å². The highest BCUT2D eigenvalue weighted by atomic mass is 16.6. The average Bonchev–Trinajstić information content (AvgIpc) is 2.44. The van der Waals surface area contributed by atoms with Crippen LogP contribution in [0.2, 0.25) is 0 Å². The van der Waals surface area contributed by atoms with Gasteiger partial charge in [-0.3, -0.25) is 14.9 Å². The van der Waals surface area contributed by atoms with Crippen molar-refractivity contribution in [3.8, 4) is 0 Å². The number of nitro benzene ring substituents is 1. The van der Waals surface area contributed by atoms with Gasteiger partial charge in [0.1, 0.15) is 0 Å². The molecular formula is C16H16N2O3. The molecule has 0 fully saturated rings. The number of nitro groups is 1. The van der Waals surface area contributed by atoms with Gasteiger partial charge in [-0.1, -0.05) is 23.3 Å². The second-order valence-electron chi connectivity index (χ2n) is 5.02. The summed E-state index contributed by atoms with van der Waals surface area (Å²) in [5, 5.41) is 10.8. The molecule has 0 N–H and O–H groups in total. The van der Waals surface area contributed by atoms with Gasteiger partial charge in [-0.25, -0.2) is 0 Å². The minimum Gasteiger partial charge on any atom is -0.311 e. The van der Waals surface area contributed by atoms with E-state index in [9.17, 15) is 14.9 Å². The zero-order chi connectivity index (χ0) is 15.6. The van der Waals surface area contributed by atoms with E-state index in [0.717, 1.165) is 11.1 Å². The van der Waals surface area contributed by atoms with E-state index in [0.29, 0.717) is 11.3 Å². The minimum atomic E-state index is -0.474. The first kappa shape index (κ1) is 14.7. The molecule has 0 spiro atoms. The lowest BCUT2D eigenvalue weighted by molar-refractivity contribution is -0.384. The quantitative estimate of drug-likeness (QED) is 0.640. The molecule has 2 rings (SSSR count). The van der Waals surface area contributed by atoms with Crippen LogP contribution < -0.4 is 4.90 Å². The highest BCUT2D eigenvalue weighted by Gasteiger charge is 2.16. The van der Waals surface area contributed by atoms with Crippen LogP contribution in [0, 0.1) is 24.0 Å². The Kier molecular flexibility index (Phi) is 4.03. The number of carbonyl (C=O) groups is 1. The smallest absolute Gasteiger partial charge is 0.271 e. The van der Waals surface area contributed by atoms with Gasteiger partial charge < -0.3 is 4.90 Å². The molecule has 0 aliphatic heterocycles. The Hall–Kier alpha value is -2.69. The molecule has 0 saturated carbocycles. The Morgan fingerprint density at radius 3 is 2.29 bits per heavy atom. The third-order valence-corrected chi connectivity index (χ3v) is 3.20. The lowest BCUT2D eigenvalue weighted by Crippen LogP contribution is -2.26. The molecule has 0 aliphatic rings. The number of hydrogen-bond donors (Lipinski definition) is 0. The standard InChI is InChI=1S/C16H16N2O3/c1-11-7-12(2)9-13(8-11)16(19)17(3)14-5-4-6-15(10-14)18(20)21/h4-10H,1-3H3. The van der Waals surface area contributed by atoms with Gasteiger partial charge in [0, 0.05) is 24.7 Å². The molecule has 21 heavy (non-hydrogen) atoms. The van der Waals surface area contributed by atoms with Gasteiger partial charge in [0.15, 0.2) is 0 Å². The molecule has 0 radical (unpaired) electrons. The Morgan fingerprint density at radius 2 is 1.71 bits per heavy atom. The van der Waals surface area contributed by atoms with E-state index < -0.39 is 4.92 Å². The Balaban J connectivity index is 2.34. The molecular weight excluding hydrogens is 268 g/mol. The fraction of sp³-hybridized carbons (Fsp3) is 0.188. The number of hydrogen-bond acceptors (Lipinski definition) is 3. The predicted octanol–water partition coefficient (Wildman–Crippen LogP) is 3.49. The van der Waals surface area contributed by atoms with E-state index in [-0.39, 0.29) is 11.6 Å². The molecule has 5 heteroatoms. The highest BCUT2D eigenvalue weighted by Crippen LogP contribution is 2.22. The number of amides is 1. The van der Waals surface area contributed by atoms with Crippen molar-refractivity contribution in [2.45, 2.75) is 13.8 Å². The Bertz CT molecular complexity index is 690. The van der Waals surface area contributed by atoms with Crippen molar-refractivity contribution in [2.75, 3.05) is 11.9 Å². The topological polar surface area (TPSA) is 63.5 Å². The van der Waals surface area contributed by atoms with E-state index in [2.05, 4.69) is 0 Å². The predicted molar refractivity (Wildman–Crippen MR) is 81.7 cm³/mol. The second-order valence-corrected chi connectivity index (χ2v) is 5.02. The zero-order valence-corrected chi connectivity index (χ0v) is 12.2. The van der Waals surface area contributed by atoms with Crippen molar-refractivity contribution in [3.63, 3.8) is 0 Å².